The van der Waals surface area contributed by atoms with Crippen LogP contribution in [0.2, 0.25) is 0 Å². The summed E-state index contributed by atoms with van der Waals surface area (Å²) in [6.07, 6.45) is 0. The molecule has 0 bridgehead atoms. The van der Waals surface area contributed by atoms with Crippen molar-refractivity contribution in [2.75, 3.05) is 0 Å². The van der Waals surface area contributed by atoms with Crippen molar-refractivity contribution in [3.8, 4) is 17.2 Å². The summed E-state index contributed by atoms with van der Waals surface area (Å²) in [6, 6.07) is 16.5. The Hall–Kier alpha value is -2.16. The van der Waals surface area contributed by atoms with Gasteiger partial charge < -0.3 is 14.6 Å². The SMILES string of the molecule is CC(C)(C)Oc1ccc(OC(C)(C)C)cc1.Oc1ccccc1. The number of hydrogen-bond acceptors (Lipinski definition) is 3. The van der Waals surface area contributed by atoms with E-state index in [2.05, 4.69) is 0 Å². The van der Waals surface area contributed by atoms with Crippen LogP contribution in [0.25, 0.3) is 0 Å². The number of hydrogen-bond donors (Lipinski definition) is 1. The van der Waals surface area contributed by atoms with E-state index in [9.17, 15) is 0 Å². The van der Waals surface area contributed by atoms with Gasteiger partial charge in [0.05, 0.1) is 0 Å². The third kappa shape index (κ3) is 9.46. The largest absolute Gasteiger partial charge is 0.508 e. The minimum absolute atomic E-state index is 0.160. The summed E-state index contributed by atoms with van der Waals surface area (Å²) in [5.41, 5.74) is -0.321. The van der Waals surface area contributed by atoms with Crippen molar-refractivity contribution >= 4 is 0 Å². The summed E-state index contributed by atoms with van der Waals surface area (Å²) in [5, 5.41) is 8.63. The molecule has 3 nitrogen and oxygen atoms in total. The summed E-state index contributed by atoms with van der Waals surface area (Å²) >= 11 is 0. The van der Waals surface area contributed by atoms with E-state index in [1.807, 2.05) is 71.9 Å². The smallest absolute Gasteiger partial charge is 0.120 e. The lowest BCUT2D eigenvalue weighted by Crippen LogP contribution is -2.23. The van der Waals surface area contributed by atoms with Crippen LogP contribution in [0.15, 0.2) is 54.6 Å². The van der Waals surface area contributed by atoms with Gasteiger partial charge in [-0.15, -0.1) is 0 Å². The molecule has 0 aliphatic rings. The van der Waals surface area contributed by atoms with E-state index >= 15 is 0 Å². The predicted octanol–water partition coefficient (Wildman–Crippen LogP) is 5.43. The maximum absolute atomic E-state index is 8.63. The fourth-order valence-electron chi connectivity index (χ4n) is 1.71. The van der Waals surface area contributed by atoms with Gasteiger partial charge in [-0.05, 0) is 77.9 Å². The minimum atomic E-state index is -0.160. The lowest BCUT2D eigenvalue weighted by Gasteiger charge is -2.23. The second-order valence-corrected chi connectivity index (χ2v) is 7.24. The Morgan fingerprint density at radius 1 is 0.609 bits per heavy atom. The molecule has 0 spiro atoms. The molecule has 0 atom stereocenters. The molecule has 0 unspecified atom stereocenters. The number of aromatic hydroxyl groups is 1. The predicted molar refractivity (Wildman–Crippen MR) is 95.3 cm³/mol. The van der Waals surface area contributed by atoms with Crippen molar-refractivity contribution in [1.29, 1.82) is 0 Å². The van der Waals surface area contributed by atoms with Crippen LogP contribution in [0.5, 0.6) is 17.2 Å². The molecule has 0 saturated heterocycles. The van der Waals surface area contributed by atoms with Crippen LogP contribution in [0.1, 0.15) is 41.5 Å². The summed E-state index contributed by atoms with van der Waals surface area (Å²) < 4.78 is 11.5. The maximum Gasteiger partial charge on any atom is 0.120 e. The van der Waals surface area contributed by atoms with Gasteiger partial charge in [-0.25, -0.2) is 0 Å². The first-order valence-electron chi connectivity index (χ1n) is 7.77. The molecule has 23 heavy (non-hydrogen) atoms. The monoisotopic (exact) mass is 316 g/mol. The van der Waals surface area contributed by atoms with Crippen LogP contribution in [0.3, 0.4) is 0 Å². The van der Waals surface area contributed by atoms with E-state index in [4.69, 9.17) is 14.6 Å². The van der Waals surface area contributed by atoms with Gasteiger partial charge in [0.1, 0.15) is 28.5 Å². The summed E-state index contributed by atoms with van der Waals surface area (Å²) in [6.45, 7) is 12.2. The molecule has 0 aliphatic carbocycles. The molecular formula is C20H28O3. The molecule has 0 saturated carbocycles. The zero-order valence-electron chi connectivity index (χ0n) is 15.0. The zero-order valence-corrected chi connectivity index (χ0v) is 15.0. The lowest BCUT2D eigenvalue weighted by molar-refractivity contribution is 0.125. The van der Waals surface area contributed by atoms with E-state index in [1.165, 1.54) is 0 Å². The number of benzene rings is 2. The Morgan fingerprint density at radius 2 is 0.957 bits per heavy atom. The summed E-state index contributed by atoms with van der Waals surface area (Å²) in [4.78, 5) is 0. The molecule has 0 aliphatic heterocycles. The highest BCUT2D eigenvalue weighted by molar-refractivity contribution is 5.32. The molecule has 3 heteroatoms. The van der Waals surface area contributed by atoms with Crippen LogP contribution < -0.4 is 9.47 Å². The molecule has 0 amide bonds. The summed E-state index contributed by atoms with van der Waals surface area (Å²) in [7, 11) is 0. The van der Waals surface area contributed by atoms with Crippen LogP contribution in [0, 0.1) is 0 Å². The number of rotatable bonds is 2. The van der Waals surface area contributed by atoms with Crippen molar-refractivity contribution in [2.45, 2.75) is 52.7 Å². The quantitative estimate of drug-likeness (QED) is 0.802. The van der Waals surface area contributed by atoms with Crippen molar-refractivity contribution in [3.05, 3.63) is 54.6 Å². The average molecular weight is 316 g/mol. The first-order valence-corrected chi connectivity index (χ1v) is 7.77. The maximum atomic E-state index is 8.63. The normalized spacial score (nSPS) is 11.2. The van der Waals surface area contributed by atoms with Gasteiger partial charge in [-0.2, -0.15) is 0 Å². The van der Waals surface area contributed by atoms with E-state index in [1.54, 1.807) is 24.3 Å². The van der Waals surface area contributed by atoms with Gasteiger partial charge in [0.2, 0.25) is 0 Å². The summed E-state index contributed by atoms with van der Waals surface area (Å²) in [5.74, 6) is 2.06. The zero-order chi connectivity index (χ0) is 17.5. The Balaban J connectivity index is 0.000000313. The minimum Gasteiger partial charge on any atom is -0.508 e. The topological polar surface area (TPSA) is 38.7 Å². The van der Waals surface area contributed by atoms with Gasteiger partial charge in [0.15, 0.2) is 0 Å². The third-order valence-electron chi connectivity index (χ3n) is 2.43. The molecular weight excluding hydrogens is 288 g/mol. The highest BCUT2D eigenvalue weighted by Crippen LogP contribution is 2.23. The second kappa shape index (κ2) is 7.91. The highest BCUT2D eigenvalue weighted by atomic mass is 16.5. The van der Waals surface area contributed by atoms with Gasteiger partial charge in [-0.3, -0.25) is 0 Å². The van der Waals surface area contributed by atoms with Crippen LogP contribution in [0.4, 0.5) is 0 Å². The molecule has 126 valence electrons. The van der Waals surface area contributed by atoms with Gasteiger partial charge in [-0.1, -0.05) is 18.2 Å². The van der Waals surface area contributed by atoms with Crippen LogP contribution in [-0.2, 0) is 0 Å². The molecule has 0 radical (unpaired) electrons. The van der Waals surface area contributed by atoms with E-state index in [0.29, 0.717) is 5.75 Å². The standard InChI is InChI=1S/C14H22O2.C6H6O/c1-13(2,3)15-11-7-9-12(10-8-11)16-14(4,5)6;7-6-4-2-1-3-5-6/h7-10H,1-6H3;1-5,7H. The van der Waals surface area contributed by atoms with Crippen molar-refractivity contribution in [2.24, 2.45) is 0 Å². The van der Waals surface area contributed by atoms with E-state index in [-0.39, 0.29) is 11.2 Å². The van der Waals surface area contributed by atoms with Crippen LogP contribution in [-0.4, -0.2) is 16.3 Å². The molecule has 2 aromatic rings. The van der Waals surface area contributed by atoms with Crippen LogP contribution >= 0.6 is 0 Å². The van der Waals surface area contributed by atoms with E-state index in [0.717, 1.165) is 11.5 Å². The average Bonchev–Trinajstić information content (AvgIpc) is 2.39. The Bertz CT molecular complexity index is 526. The molecule has 0 fully saturated rings. The Morgan fingerprint density at radius 3 is 1.17 bits per heavy atom. The number of ether oxygens (including phenoxy) is 2. The molecule has 2 rings (SSSR count). The van der Waals surface area contributed by atoms with Crippen molar-refractivity contribution in [3.63, 3.8) is 0 Å². The Labute approximate surface area is 139 Å². The number of para-hydroxylation sites is 1. The van der Waals surface area contributed by atoms with Gasteiger partial charge in [0, 0.05) is 0 Å². The number of phenolic OH excluding ortho intramolecular Hbond substituents is 1. The molecule has 0 aromatic heterocycles. The molecule has 0 heterocycles. The first-order chi connectivity index (χ1) is 10.6. The van der Waals surface area contributed by atoms with Crippen molar-refractivity contribution in [1.82, 2.24) is 0 Å². The van der Waals surface area contributed by atoms with E-state index < -0.39 is 0 Å². The number of phenols is 1. The Kier molecular flexibility index (Phi) is 6.49. The fraction of sp³-hybridized carbons (Fsp3) is 0.400. The lowest BCUT2D eigenvalue weighted by atomic mass is 10.2. The second-order valence-electron chi connectivity index (χ2n) is 7.24. The fourth-order valence-corrected chi connectivity index (χ4v) is 1.71. The highest BCUT2D eigenvalue weighted by Gasteiger charge is 2.13. The van der Waals surface area contributed by atoms with Gasteiger partial charge >= 0.3 is 0 Å². The molecule has 1 N–H and O–H groups in total. The first kappa shape index (κ1) is 18.9. The molecule has 2 aromatic carbocycles. The van der Waals surface area contributed by atoms with Gasteiger partial charge in [0.25, 0.3) is 0 Å². The van der Waals surface area contributed by atoms with Crippen molar-refractivity contribution < 1.29 is 14.6 Å². The third-order valence-corrected chi connectivity index (χ3v) is 2.43.